The fraction of sp³-hybridized carbons (Fsp3) is 0.562. The predicted molar refractivity (Wildman–Crippen MR) is 96.4 cm³/mol. The number of amides is 1. The van der Waals surface area contributed by atoms with Crippen molar-refractivity contribution in [2.75, 3.05) is 39.8 Å². The summed E-state index contributed by atoms with van der Waals surface area (Å²) in [5.41, 5.74) is 0. The van der Waals surface area contributed by atoms with Crippen LogP contribution in [-0.2, 0) is 14.8 Å². The van der Waals surface area contributed by atoms with E-state index in [-0.39, 0.29) is 11.9 Å². The second kappa shape index (κ2) is 7.95. The molecular weight excluding hydrogens is 394 g/mol. The van der Waals surface area contributed by atoms with Gasteiger partial charge in [-0.2, -0.15) is 4.31 Å². The molecule has 0 unspecified atom stereocenters. The number of quaternary nitrogens is 1. The number of nitrogens with zero attached hydrogens (tertiary/aromatic N) is 2. The number of rotatable bonds is 5. The Balaban J connectivity index is 1.95. The van der Waals surface area contributed by atoms with E-state index >= 15 is 0 Å². The summed E-state index contributed by atoms with van der Waals surface area (Å²) in [5.74, 6) is 0.101. The third-order valence-corrected chi connectivity index (χ3v) is 6.89. The van der Waals surface area contributed by atoms with Crippen LogP contribution in [0.5, 0.6) is 0 Å². The highest BCUT2D eigenvalue weighted by Crippen LogP contribution is 2.18. The van der Waals surface area contributed by atoms with Crippen LogP contribution in [0.3, 0.4) is 0 Å². The van der Waals surface area contributed by atoms with Gasteiger partial charge in [-0.3, -0.25) is 4.79 Å². The van der Waals surface area contributed by atoms with Gasteiger partial charge in [0.25, 0.3) is 5.91 Å². The van der Waals surface area contributed by atoms with Crippen LogP contribution in [0.2, 0.25) is 0 Å². The first-order chi connectivity index (χ1) is 11.2. The van der Waals surface area contributed by atoms with Crippen molar-refractivity contribution in [3.8, 4) is 0 Å². The number of sulfonamides is 1. The van der Waals surface area contributed by atoms with Gasteiger partial charge in [0.05, 0.1) is 31.1 Å². The first-order valence-corrected chi connectivity index (χ1v) is 10.3. The Morgan fingerprint density at radius 1 is 1.25 bits per heavy atom. The molecule has 0 aliphatic carbocycles. The lowest BCUT2D eigenvalue weighted by molar-refractivity contribution is -0.896. The number of likely N-dealkylation sites (N-methyl/N-ethyl adjacent to an activating group) is 1. The number of hydrogen-bond donors (Lipinski definition) is 1. The topological polar surface area (TPSA) is 62.1 Å². The SMILES string of the molecule is CC(C)N(C)C(=O)C[NH+]1CCN(S(=O)(=O)c2ccc(Br)cc2)CC1. The van der Waals surface area contributed by atoms with E-state index in [2.05, 4.69) is 15.9 Å². The van der Waals surface area contributed by atoms with Gasteiger partial charge in [-0.15, -0.1) is 0 Å². The molecule has 1 N–H and O–H groups in total. The van der Waals surface area contributed by atoms with Gasteiger partial charge in [0.2, 0.25) is 10.0 Å². The van der Waals surface area contributed by atoms with Crippen molar-refractivity contribution in [1.82, 2.24) is 9.21 Å². The van der Waals surface area contributed by atoms with E-state index in [9.17, 15) is 13.2 Å². The molecule has 1 aliphatic rings. The molecule has 0 aromatic heterocycles. The molecule has 8 heteroatoms. The van der Waals surface area contributed by atoms with Crippen LogP contribution < -0.4 is 4.90 Å². The second-order valence-corrected chi connectivity index (χ2v) is 9.24. The lowest BCUT2D eigenvalue weighted by Gasteiger charge is -2.32. The average Bonchev–Trinajstić information content (AvgIpc) is 2.55. The molecule has 24 heavy (non-hydrogen) atoms. The molecule has 1 heterocycles. The molecule has 1 saturated heterocycles. The van der Waals surface area contributed by atoms with Crippen LogP contribution in [-0.4, -0.2) is 69.3 Å². The van der Waals surface area contributed by atoms with Gasteiger partial charge in [-0.1, -0.05) is 15.9 Å². The number of hydrogen-bond acceptors (Lipinski definition) is 3. The Labute approximate surface area is 152 Å². The van der Waals surface area contributed by atoms with Crippen LogP contribution in [0.15, 0.2) is 33.6 Å². The molecule has 1 aromatic rings. The van der Waals surface area contributed by atoms with Gasteiger partial charge in [-0.25, -0.2) is 8.42 Å². The Bertz CT molecular complexity index is 668. The summed E-state index contributed by atoms with van der Waals surface area (Å²) in [5, 5.41) is 0. The van der Waals surface area contributed by atoms with Crippen molar-refractivity contribution in [2.24, 2.45) is 0 Å². The zero-order valence-electron chi connectivity index (χ0n) is 14.3. The van der Waals surface area contributed by atoms with Crippen molar-refractivity contribution in [3.05, 3.63) is 28.7 Å². The predicted octanol–water partition coefficient (Wildman–Crippen LogP) is 0.205. The molecule has 1 aliphatic heterocycles. The normalized spacial score (nSPS) is 17.2. The minimum absolute atomic E-state index is 0.101. The van der Waals surface area contributed by atoms with Gasteiger partial charge < -0.3 is 9.80 Å². The fourth-order valence-corrected chi connectivity index (χ4v) is 4.31. The summed E-state index contributed by atoms with van der Waals surface area (Å²) in [6, 6.07) is 6.86. The number of piperazine rings is 1. The number of benzene rings is 1. The number of carbonyl (C=O) groups excluding carboxylic acids is 1. The van der Waals surface area contributed by atoms with Crippen LogP contribution in [0.25, 0.3) is 0 Å². The largest absolute Gasteiger partial charge is 0.338 e. The van der Waals surface area contributed by atoms with Crippen molar-refractivity contribution < 1.29 is 18.1 Å². The molecule has 1 aromatic carbocycles. The third-order valence-electron chi connectivity index (χ3n) is 4.45. The zero-order chi connectivity index (χ0) is 17.9. The van der Waals surface area contributed by atoms with Gasteiger partial charge >= 0.3 is 0 Å². The lowest BCUT2D eigenvalue weighted by Crippen LogP contribution is -3.15. The van der Waals surface area contributed by atoms with Crippen LogP contribution >= 0.6 is 15.9 Å². The van der Waals surface area contributed by atoms with E-state index in [4.69, 9.17) is 0 Å². The number of nitrogens with one attached hydrogen (secondary N) is 1. The standard InChI is InChI=1S/C16H24BrN3O3S/c1-13(2)18(3)16(21)12-19-8-10-20(11-9-19)24(22,23)15-6-4-14(17)5-7-15/h4-7,13H,8-12H2,1-3H3/p+1. The van der Waals surface area contributed by atoms with Crippen molar-refractivity contribution in [1.29, 1.82) is 0 Å². The van der Waals surface area contributed by atoms with Crippen molar-refractivity contribution in [3.63, 3.8) is 0 Å². The molecule has 0 atom stereocenters. The Morgan fingerprint density at radius 2 is 1.79 bits per heavy atom. The Hall–Kier alpha value is -0.960. The quantitative estimate of drug-likeness (QED) is 0.742. The van der Waals surface area contributed by atoms with Crippen LogP contribution in [0, 0.1) is 0 Å². The molecule has 1 fully saturated rings. The molecule has 2 rings (SSSR count). The minimum atomic E-state index is -3.46. The van der Waals surface area contributed by atoms with E-state index in [1.165, 1.54) is 4.31 Å². The average molecular weight is 419 g/mol. The van der Waals surface area contributed by atoms with Crippen LogP contribution in [0.4, 0.5) is 0 Å². The number of halogens is 1. The molecule has 6 nitrogen and oxygen atoms in total. The van der Waals surface area contributed by atoms with Gasteiger partial charge in [0, 0.05) is 17.6 Å². The van der Waals surface area contributed by atoms with Gasteiger partial charge in [0.15, 0.2) is 6.54 Å². The summed E-state index contributed by atoms with van der Waals surface area (Å²) >= 11 is 3.31. The number of carbonyl (C=O) groups is 1. The fourth-order valence-electron chi connectivity index (χ4n) is 2.60. The van der Waals surface area contributed by atoms with E-state index in [1.54, 1.807) is 36.2 Å². The Morgan fingerprint density at radius 3 is 2.29 bits per heavy atom. The monoisotopic (exact) mass is 418 g/mol. The minimum Gasteiger partial charge on any atom is -0.338 e. The van der Waals surface area contributed by atoms with Crippen molar-refractivity contribution >= 4 is 31.9 Å². The van der Waals surface area contributed by atoms with E-state index in [1.807, 2.05) is 13.8 Å². The maximum absolute atomic E-state index is 12.7. The maximum Gasteiger partial charge on any atom is 0.277 e. The highest BCUT2D eigenvalue weighted by Gasteiger charge is 2.31. The molecule has 0 radical (unpaired) electrons. The summed E-state index contributed by atoms with van der Waals surface area (Å²) in [6.07, 6.45) is 0. The van der Waals surface area contributed by atoms with E-state index < -0.39 is 10.0 Å². The molecule has 0 spiro atoms. The highest BCUT2D eigenvalue weighted by atomic mass is 79.9. The smallest absolute Gasteiger partial charge is 0.277 e. The summed E-state index contributed by atoms with van der Waals surface area (Å²) in [7, 11) is -1.65. The first-order valence-electron chi connectivity index (χ1n) is 8.06. The molecule has 0 bridgehead atoms. The van der Waals surface area contributed by atoms with E-state index in [0.29, 0.717) is 37.6 Å². The summed E-state index contributed by atoms with van der Waals surface area (Å²) < 4.78 is 27.7. The van der Waals surface area contributed by atoms with Crippen LogP contribution in [0.1, 0.15) is 13.8 Å². The Kier molecular flexibility index (Phi) is 6.41. The molecule has 1 amide bonds. The van der Waals surface area contributed by atoms with Crippen molar-refractivity contribution in [2.45, 2.75) is 24.8 Å². The first kappa shape index (κ1) is 19.4. The molecule has 134 valence electrons. The van der Waals surface area contributed by atoms with Gasteiger partial charge in [0.1, 0.15) is 0 Å². The van der Waals surface area contributed by atoms with E-state index in [0.717, 1.165) is 9.37 Å². The van der Waals surface area contributed by atoms with Gasteiger partial charge in [-0.05, 0) is 38.1 Å². The summed E-state index contributed by atoms with van der Waals surface area (Å²) in [4.78, 5) is 15.3. The second-order valence-electron chi connectivity index (χ2n) is 6.38. The highest BCUT2D eigenvalue weighted by molar-refractivity contribution is 9.10. The molecule has 0 saturated carbocycles. The summed E-state index contributed by atoms with van der Waals surface area (Å²) in [6.45, 7) is 6.55. The third kappa shape index (κ3) is 4.56. The lowest BCUT2D eigenvalue weighted by atomic mass is 10.3. The molecular formula is C16H25BrN3O3S+. The zero-order valence-corrected chi connectivity index (χ0v) is 16.7. The maximum atomic E-state index is 12.7.